The van der Waals surface area contributed by atoms with Gasteiger partial charge >= 0.3 is 0 Å². The first-order valence-corrected chi connectivity index (χ1v) is 5.55. The van der Waals surface area contributed by atoms with Crippen LogP contribution in [0.3, 0.4) is 0 Å². The van der Waals surface area contributed by atoms with E-state index in [2.05, 4.69) is 19.2 Å². The van der Waals surface area contributed by atoms with Crippen molar-refractivity contribution in [3.8, 4) is 0 Å². The molecule has 0 amide bonds. The molecule has 88 valence electrons. The molecule has 0 unspecified atom stereocenters. The Kier molecular flexibility index (Phi) is 2.76. The average molecular weight is 223 g/mol. The number of likely N-dealkylation sites (N-methyl/N-ethyl adjacent to an activating group) is 1. The number of benzene rings is 1. The predicted octanol–water partition coefficient (Wildman–Crippen LogP) is 2.09. The van der Waals surface area contributed by atoms with Gasteiger partial charge in [-0.25, -0.2) is 4.39 Å². The fraction of sp³-hybridized carbons (Fsp3) is 0.538. The molecule has 1 aromatic carbocycles. The van der Waals surface area contributed by atoms with Crippen molar-refractivity contribution in [2.75, 3.05) is 20.3 Å². The number of halogens is 1. The van der Waals surface area contributed by atoms with Crippen LogP contribution in [0.2, 0.25) is 0 Å². The smallest absolute Gasteiger partial charge is 0.127 e. The van der Waals surface area contributed by atoms with Gasteiger partial charge in [-0.15, -0.1) is 0 Å². The van der Waals surface area contributed by atoms with Gasteiger partial charge in [-0.2, -0.15) is 0 Å². The minimum absolute atomic E-state index is 0.144. The van der Waals surface area contributed by atoms with Crippen molar-refractivity contribution in [3.05, 3.63) is 35.6 Å². The van der Waals surface area contributed by atoms with Crippen molar-refractivity contribution in [2.45, 2.75) is 24.8 Å². The highest BCUT2D eigenvalue weighted by Crippen LogP contribution is 2.42. The van der Waals surface area contributed by atoms with Crippen molar-refractivity contribution in [1.29, 1.82) is 0 Å². The lowest BCUT2D eigenvalue weighted by molar-refractivity contribution is -0.101. The topological polar surface area (TPSA) is 21.3 Å². The fourth-order valence-corrected chi connectivity index (χ4v) is 2.25. The van der Waals surface area contributed by atoms with Crippen molar-refractivity contribution >= 4 is 0 Å². The SMILES string of the molecule is CNC(C)(C)C1(c2ccccc2F)COC1. The van der Waals surface area contributed by atoms with E-state index in [1.165, 1.54) is 6.07 Å². The van der Waals surface area contributed by atoms with E-state index in [1.54, 1.807) is 6.07 Å². The van der Waals surface area contributed by atoms with E-state index in [9.17, 15) is 4.39 Å². The third-order valence-corrected chi connectivity index (χ3v) is 3.91. The largest absolute Gasteiger partial charge is 0.379 e. The molecular formula is C13H18FNO. The maximum atomic E-state index is 13.9. The number of rotatable bonds is 3. The molecule has 1 N–H and O–H groups in total. The van der Waals surface area contributed by atoms with Crippen LogP contribution in [0.25, 0.3) is 0 Å². The molecule has 1 aliphatic heterocycles. The summed E-state index contributed by atoms with van der Waals surface area (Å²) in [5.41, 5.74) is 0.307. The Bertz CT molecular complexity index is 385. The number of ether oxygens (including phenoxy) is 1. The van der Waals surface area contributed by atoms with Gasteiger partial charge in [0.05, 0.1) is 18.6 Å². The molecule has 0 aliphatic carbocycles. The van der Waals surface area contributed by atoms with Gasteiger partial charge in [0.1, 0.15) is 5.82 Å². The molecule has 1 aromatic rings. The lowest BCUT2D eigenvalue weighted by Gasteiger charge is -2.52. The lowest BCUT2D eigenvalue weighted by Crippen LogP contribution is -2.66. The number of hydrogen-bond acceptors (Lipinski definition) is 2. The van der Waals surface area contributed by atoms with Crippen LogP contribution in [0.5, 0.6) is 0 Å². The molecular weight excluding hydrogens is 205 g/mol. The summed E-state index contributed by atoms with van der Waals surface area (Å²) < 4.78 is 19.2. The first kappa shape index (κ1) is 11.6. The molecule has 16 heavy (non-hydrogen) atoms. The minimum atomic E-state index is -0.257. The van der Waals surface area contributed by atoms with Gasteiger partial charge in [0.25, 0.3) is 0 Å². The van der Waals surface area contributed by atoms with Gasteiger partial charge < -0.3 is 10.1 Å². The fourth-order valence-electron chi connectivity index (χ4n) is 2.25. The van der Waals surface area contributed by atoms with Crippen LogP contribution < -0.4 is 5.32 Å². The Labute approximate surface area is 95.8 Å². The summed E-state index contributed by atoms with van der Waals surface area (Å²) in [5.74, 6) is -0.144. The Morgan fingerprint density at radius 1 is 1.31 bits per heavy atom. The molecule has 1 heterocycles. The van der Waals surface area contributed by atoms with Gasteiger partial charge in [-0.05, 0) is 27.0 Å². The summed E-state index contributed by atoms with van der Waals surface area (Å²) in [6.07, 6.45) is 0. The van der Waals surface area contributed by atoms with Gasteiger partial charge in [0.15, 0.2) is 0 Å². The quantitative estimate of drug-likeness (QED) is 0.847. The van der Waals surface area contributed by atoms with Crippen LogP contribution in [-0.4, -0.2) is 25.8 Å². The van der Waals surface area contributed by atoms with E-state index >= 15 is 0 Å². The first-order valence-electron chi connectivity index (χ1n) is 5.55. The third-order valence-electron chi connectivity index (χ3n) is 3.91. The summed E-state index contributed by atoms with van der Waals surface area (Å²) >= 11 is 0. The van der Waals surface area contributed by atoms with E-state index in [4.69, 9.17) is 4.74 Å². The van der Waals surface area contributed by atoms with Crippen LogP contribution in [0.15, 0.2) is 24.3 Å². The number of hydrogen-bond donors (Lipinski definition) is 1. The van der Waals surface area contributed by atoms with Crippen molar-refractivity contribution in [1.82, 2.24) is 5.32 Å². The summed E-state index contributed by atoms with van der Waals surface area (Å²) in [5, 5.41) is 3.26. The molecule has 0 spiro atoms. The molecule has 0 radical (unpaired) electrons. The second-order valence-corrected chi connectivity index (χ2v) is 4.93. The van der Waals surface area contributed by atoms with E-state index in [0.29, 0.717) is 13.2 Å². The summed E-state index contributed by atoms with van der Waals surface area (Å²) in [6, 6.07) is 6.97. The Balaban J connectivity index is 2.47. The second-order valence-electron chi connectivity index (χ2n) is 4.93. The highest BCUT2D eigenvalue weighted by atomic mass is 19.1. The van der Waals surface area contributed by atoms with Crippen LogP contribution in [0.1, 0.15) is 19.4 Å². The molecule has 2 rings (SSSR count). The molecule has 1 saturated heterocycles. The second kappa shape index (κ2) is 3.82. The molecule has 0 aromatic heterocycles. The molecule has 0 saturated carbocycles. The van der Waals surface area contributed by atoms with Crippen LogP contribution >= 0.6 is 0 Å². The van der Waals surface area contributed by atoms with Gasteiger partial charge in [0.2, 0.25) is 0 Å². The zero-order valence-electron chi connectivity index (χ0n) is 10.0. The molecule has 0 atom stereocenters. The maximum absolute atomic E-state index is 13.9. The zero-order valence-corrected chi connectivity index (χ0v) is 10.0. The lowest BCUT2D eigenvalue weighted by atomic mass is 9.65. The van der Waals surface area contributed by atoms with E-state index in [-0.39, 0.29) is 16.8 Å². The molecule has 1 fully saturated rings. The maximum Gasteiger partial charge on any atom is 0.127 e. The van der Waals surface area contributed by atoms with Gasteiger partial charge in [-0.3, -0.25) is 0 Å². The molecule has 1 aliphatic rings. The summed E-state index contributed by atoms with van der Waals surface area (Å²) in [7, 11) is 1.90. The van der Waals surface area contributed by atoms with E-state index in [0.717, 1.165) is 5.56 Å². The minimum Gasteiger partial charge on any atom is -0.379 e. The van der Waals surface area contributed by atoms with Crippen LogP contribution in [-0.2, 0) is 10.2 Å². The highest BCUT2D eigenvalue weighted by molar-refractivity contribution is 5.34. The standard InChI is InChI=1S/C13H18FNO/c1-12(2,15-3)13(8-16-9-13)10-6-4-5-7-11(10)14/h4-7,15H,8-9H2,1-3H3. The predicted molar refractivity (Wildman–Crippen MR) is 62.0 cm³/mol. The highest BCUT2D eigenvalue weighted by Gasteiger charge is 2.52. The van der Waals surface area contributed by atoms with E-state index in [1.807, 2.05) is 19.2 Å². The van der Waals surface area contributed by atoms with Crippen molar-refractivity contribution < 1.29 is 9.13 Å². The zero-order chi connectivity index (χ0) is 11.8. The van der Waals surface area contributed by atoms with Crippen LogP contribution in [0, 0.1) is 5.82 Å². The first-order chi connectivity index (χ1) is 7.53. The molecule has 3 heteroatoms. The summed E-state index contributed by atoms with van der Waals surface area (Å²) in [6.45, 7) is 5.31. The van der Waals surface area contributed by atoms with Crippen molar-refractivity contribution in [2.24, 2.45) is 0 Å². The normalized spacial score (nSPS) is 19.2. The Morgan fingerprint density at radius 3 is 2.38 bits per heavy atom. The Morgan fingerprint density at radius 2 is 1.94 bits per heavy atom. The number of nitrogens with one attached hydrogen (secondary N) is 1. The van der Waals surface area contributed by atoms with Gasteiger partial charge in [-0.1, -0.05) is 18.2 Å². The molecule has 0 bridgehead atoms. The van der Waals surface area contributed by atoms with Crippen LogP contribution in [0.4, 0.5) is 4.39 Å². The van der Waals surface area contributed by atoms with Crippen molar-refractivity contribution in [3.63, 3.8) is 0 Å². The summed E-state index contributed by atoms with van der Waals surface area (Å²) in [4.78, 5) is 0. The Hall–Kier alpha value is -0.930. The molecule has 2 nitrogen and oxygen atoms in total. The monoisotopic (exact) mass is 223 g/mol. The third kappa shape index (κ3) is 1.46. The van der Waals surface area contributed by atoms with E-state index < -0.39 is 0 Å². The average Bonchev–Trinajstić information content (AvgIpc) is 2.19. The van der Waals surface area contributed by atoms with Gasteiger partial charge in [0, 0.05) is 11.1 Å².